The SMILES string of the molecule is O=C(NSc1ccccc1C(Cl)Cl)c1cc2c(F)cc(N3CC(F)C3)cc2o1. The van der Waals surface area contributed by atoms with E-state index in [0.29, 0.717) is 16.1 Å². The van der Waals surface area contributed by atoms with E-state index in [9.17, 15) is 13.6 Å². The second-order valence-corrected chi connectivity index (χ2v) is 8.27. The third-order valence-corrected chi connectivity index (χ3v) is 5.75. The molecule has 9 heteroatoms. The molecule has 0 spiro atoms. The summed E-state index contributed by atoms with van der Waals surface area (Å²) in [5, 5.41) is 0.193. The van der Waals surface area contributed by atoms with Gasteiger partial charge in [0.15, 0.2) is 5.76 Å². The second kappa shape index (κ2) is 7.81. The molecule has 1 N–H and O–H groups in total. The minimum absolute atomic E-state index is 0.0312. The lowest BCUT2D eigenvalue weighted by Gasteiger charge is -2.36. The Bertz CT molecular complexity index is 1040. The lowest BCUT2D eigenvalue weighted by Crippen LogP contribution is -2.48. The number of hydrogen-bond donors (Lipinski definition) is 1. The Hall–Kier alpha value is -1.96. The Labute approximate surface area is 173 Å². The summed E-state index contributed by atoms with van der Waals surface area (Å²) in [4.78, 5) is 14.1. The smallest absolute Gasteiger partial charge is 0.297 e. The van der Waals surface area contributed by atoms with Gasteiger partial charge in [0.05, 0.1) is 18.5 Å². The van der Waals surface area contributed by atoms with E-state index < -0.39 is 22.7 Å². The molecule has 0 saturated carbocycles. The molecule has 4 nitrogen and oxygen atoms in total. The van der Waals surface area contributed by atoms with Gasteiger partial charge in [-0.3, -0.25) is 9.52 Å². The van der Waals surface area contributed by atoms with Crippen molar-refractivity contribution in [1.29, 1.82) is 0 Å². The number of hydrogen-bond acceptors (Lipinski definition) is 4. The molecule has 1 saturated heterocycles. The summed E-state index contributed by atoms with van der Waals surface area (Å²) >= 11 is 12.9. The molecule has 0 aliphatic carbocycles. The van der Waals surface area contributed by atoms with Gasteiger partial charge in [0.25, 0.3) is 5.91 Å². The van der Waals surface area contributed by atoms with Gasteiger partial charge in [-0.2, -0.15) is 0 Å². The van der Waals surface area contributed by atoms with E-state index >= 15 is 0 Å². The van der Waals surface area contributed by atoms with Crippen molar-refractivity contribution in [2.75, 3.05) is 18.0 Å². The highest BCUT2D eigenvalue weighted by molar-refractivity contribution is 7.98. The van der Waals surface area contributed by atoms with Crippen molar-refractivity contribution in [1.82, 2.24) is 4.72 Å². The summed E-state index contributed by atoms with van der Waals surface area (Å²) in [6.07, 6.45) is -0.905. The minimum Gasteiger partial charge on any atom is -0.451 e. The van der Waals surface area contributed by atoms with Crippen molar-refractivity contribution < 1.29 is 18.0 Å². The highest BCUT2D eigenvalue weighted by Gasteiger charge is 2.27. The number of halogens is 4. The number of nitrogens with one attached hydrogen (secondary N) is 1. The van der Waals surface area contributed by atoms with Crippen LogP contribution in [0.1, 0.15) is 21.0 Å². The van der Waals surface area contributed by atoms with E-state index in [4.69, 9.17) is 27.6 Å². The Kier molecular flexibility index (Phi) is 5.40. The van der Waals surface area contributed by atoms with Gasteiger partial charge in [-0.25, -0.2) is 8.78 Å². The van der Waals surface area contributed by atoms with Gasteiger partial charge < -0.3 is 9.32 Å². The lowest BCUT2D eigenvalue weighted by molar-refractivity contribution is 0.0959. The zero-order valence-corrected chi connectivity index (χ0v) is 16.6. The van der Waals surface area contributed by atoms with Gasteiger partial charge in [0, 0.05) is 28.3 Å². The van der Waals surface area contributed by atoms with Gasteiger partial charge in [0.1, 0.15) is 22.4 Å². The molecule has 1 aliphatic heterocycles. The molecule has 2 heterocycles. The Morgan fingerprint density at radius 3 is 2.71 bits per heavy atom. The molecular formula is C19H14Cl2F2N2O2S. The van der Waals surface area contributed by atoms with Crippen LogP contribution in [0.3, 0.4) is 0 Å². The highest BCUT2D eigenvalue weighted by Crippen LogP contribution is 2.33. The van der Waals surface area contributed by atoms with Crippen LogP contribution in [0.4, 0.5) is 14.5 Å². The maximum atomic E-state index is 14.4. The predicted molar refractivity (Wildman–Crippen MR) is 107 cm³/mol. The van der Waals surface area contributed by atoms with Crippen molar-refractivity contribution in [3.8, 4) is 0 Å². The van der Waals surface area contributed by atoms with Crippen molar-refractivity contribution in [2.24, 2.45) is 0 Å². The van der Waals surface area contributed by atoms with Crippen LogP contribution in [-0.2, 0) is 0 Å². The molecule has 0 radical (unpaired) electrons. The van der Waals surface area contributed by atoms with Crippen LogP contribution < -0.4 is 9.62 Å². The van der Waals surface area contributed by atoms with E-state index in [2.05, 4.69) is 4.72 Å². The molecule has 1 aliphatic rings. The average molecular weight is 443 g/mol. The monoisotopic (exact) mass is 442 g/mol. The summed E-state index contributed by atoms with van der Waals surface area (Å²) < 4.78 is 35.6. The summed E-state index contributed by atoms with van der Waals surface area (Å²) in [5.41, 5.74) is 1.42. The van der Waals surface area contributed by atoms with E-state index in [1.54, 1.807) is 35.2 Å². The molecule has 4 rings (SSSR count). The summed E-state index contributed by atoms with van der Waals surface area (Å²) in [6.45, 7) is 0.439. The first kappa shape index (κ1) is 19.4. The predicted octanol–water partition coefficient (Wildman–Crippen LogP) is 5.64. The van der Waals surface area contributed by atoms with Crippen LogP contribution in [0.2, 0.25) is 0 Å². The van der Waals surface area contributed by atoms with Crippen molar-refractivity contribution in [2.45, 2.75) is 15.9 Å². The summed E-state index contributed by atoms with van der Waals surface area (Å²) in [7, 11) is 0. The average Bonchev–Trinajstić information content (AvgIpc) is 3.08. The molecular weight excluding hydrogens is 429 g/mol. The number of nitrogens with zero attached hydrogens (tertiary/aromatic N) is 1. The zero-order valence-electron chi connectivity index (χ0n) is 14.3. The molecule has 1 aromatic heterocycles. The number of carbonyl (C=O) groups excluding carboxylic acids is 1. The number of alkyl halides is 3. The van der Waals surface area contributed by atoms with Gasteiger partial charge in [-0.15, -0.1) is 23.2 Å². The third-order valence-electron chi connectivity index (χ3n) is 4.41. The number of furan rings is 1. The normalized spacial score (nSPS) is 14.5. The topological polar surface area (TPSA) is 45.5 Å². The summed E-state index contributed by atoms with van der Waals surface area (Å²) in [5.74, 6) is -1.08. The number of rotatable bonds is 5. The summed E-state index contributed by atoms with van der Waals surface area (Å²) in [6, 6.07) is 11.4. The van der Waals surface area contributed by atoms with E-state index in [1.165, 1.54) is 12.1 Å². The van der Waals surface area contributed by atoms with Crippen molar-refractivity contribution >= 4 is 57.7 Å². The molecule has 1 amide bonds. The first-order valence-corrected chi connectivity index (χ1v) is 10.1. The first-order valence-electron chi connectivity index (χ1n) is 8.38. The second-order valence-electron chi connectivity index (χ2n) is 6.32. The maximum Gasteiger partial charge on any atom is 0.297 e. The van der Waals surface area contributed by atoms with Crippen LogP contribution in [0.15, 0.2) is 51.8 Å². The highest BCUT2D eigenvalue weighted by atomic mass is 35.5. The lowest BCUT2D eigenvalue weighted by atomic mass is 10.1. The molecule has 0 atom stereocenters. The Balaban J connectivity index is 1.52. The quantitative estimate of drug-likeness (QED) is 0.409. The Morgan fingerprint density at radius 1 is 1.25 bits per heavy atom. The molecule has 0 unspecified atom stereocenters. The molecule has 146 valence electrons. The third kappa shape index (κ3) is 3.79. The van der Waals surface area contributed by atoms with Gasteiger partial charge >= 0.3 is 0 Å². The molecule has 0 bridgehead atoms. The van der Waals surface area contributed by atoms with Crippen molar-refractivity contribution in [3.05, 3.63) is 59.6 Å². The fourth-order valence-corrected chi connectivity index (χ4v) is 4.18. The Morgan fingerprint density at radius 2 is 2.00 bits per heavy atom. The van der Waals surface area contributed by atoms with E-state index in [1.807, 2.05) is 0 Å². The molecule has 28 heavy (non-hydrogen) atoms. The van der Waals surface area contributed by atoms with Crippen LogP contribution in [-0.4, -0.2) is 25.2 Å². The van der Waals surface area contributed by atoms with Gasteiger partial charge in [-0.05, 0) is 24.1 Å². The van der Waals surface area contributed by atoms with Crippen LogP contribution in [0, 0.1) is 5.82 Å². The van der Waals surface area contributed by atoms with E-state index in [0.717, 1.165) is 11.9 Å². The van der Waals surface area contributed by atoms with Crippen LogP contribution >= 0.6 is 35.1 Å². The van der Waals surface area contributed by atoms with Crippen LogP contribution in [0.5, 0.6) is 0 Å². The number of amides is 1. The van der Waals surface area contributed by atoms with Crippen molar-refractivity contribution in [3.63, 3.8) is 0 Å². The first-order chi connectivity index (χ1) is 13.4. The van der Waals surface area contributed by atoms with Gasteiger partial charge in [0.2, 0.25) is 0 Å². The van der Waals surface area contributed by atoms with Gasteiger partial charge in [-0.1, -0.05) is 18.2 Å². The number of carbonyl (C=O) groups is 1. The van der Waals surface area contributed by atoms with E-state index in [-0.39, 0.29) is 29.8 Å². The largest absolute Gasteiger partial charge is 0.451 e. The molecule has 1 fully saturated rings. The fraction of sp³-hybridized carbons (Fsp3) is 0.211. The maximum absolute atomic E-state index is 14.4. The number of benzene rings is 2. The molecule has 3 aromatic rings. The van der Waals surface area contributed by atoms with Crippen LogP contribution in [0.25, 0.3) is 11.0 Å². The standard InChI is InChI=1S/C19H14Cl2F2N2O2S/c20-18(21)12-3-1-2-4-17(12)28-24-19(26)16-7-13-14(23)5-11(6-15(13)27-16)25-8-10(22)9-25/h1-7,10,18H,8-9H2,(H,24,26). The number of fused-ring (bicyclic) bond motifs is 1. The fourth-order valence-electron chi connectivity index (χ4n) is 2.92. The zero-order chi connectivity index (χ0) is 19.8. The molecule has 2 aromatic carbocycles. The minimum atomic E-state index is -0.905. The number of anilines is 1.